The summed E-state index contributed by atoms with van der Waals surface area (Å²) in [5.41, 5.74) is 2.29. The highest BCUT2D eigenvalue weighted by atomic mass is 31.2. The van der Waals surface area contributed by atoms with Gasteiger partial charge in [-0.25, -0.2) is 0 Å². The monoisotopic (exact) mass is 282 g/mol. The van der Waals surface area contributed by atoms with Crippen molar-refractivity contribution in [3.05, 3.63) is 29.3 Å². The molecule has 2 nitrogen and oxygen atoms in total. The van der Waals surface area contributed by atoms with Gasteiger partial charge in [-0.05, 0) is 38.3 Å². The van der Waals surface area contributed by atoms with E-state index < -0.39 is 7.37 Å². The fourth-order valence-corrected chi connectivity index (χ4v) is 4.65. The molecule has 0 aliphatic carbocycles. The van der Waals surface area contributed by atoms with E-state index in [-0.39, 0.29) is 0 Å². The van der Waals surface area contributed by atoms with Crippen LogP contribution >= 0.6 is 7.37 Å². The van der Waals surface area contributed by atoms with Crippen LogP contribution in [0.25, 0.3) is 0 Å². The van der Waals surface area contributed by atoms with E-state index >= 15 is 0 Å². The Labute approximate surface area is 118 Å². The predicted octanol–water partition coefficient (Wildman–Crippen LogP) is 5.56. The minimum atomic E-state index is -2.52. The maximum Gasteiger partial charge on any atom is 0.247 e. The predicted molar refractivity (Wildman–Crippen MR) is 83.7 cm³/mol. The molecule has 0 unspecified atom stereocenters. The van der Waals surface area contributed by atoms with E-state index in [1.54, 1.807) is 0 Å². The van der Waals surface area contributed by atoms with Gasteiger partial charge in [0.05, 0.1) is 0 Å². The standard InChI is InChI=1S/C16H27O2P/c1-5-7-11-19(17,12-8-6-2)18-16-10-9-14(3)13-15(16)4/h9-10,13H,5-8,11-12H2,1-4H3. The molecule has 1 rings (SSSR count). The first-order valence-electron chi connectivity index (χ1n) is 7.35. The Balaban J connectivity index is 2.83. The second kappa shape index (κ2) is 7.75. The quantitative estimate of drug-likeness (QED) is 0.583. The summed E-state index contributed by atoms with van der Waals surface area (Å²) in [5, 5.41) is 0. The third-order valence-electron chi connectivity index (χ3n) is 3.30. The zero-order valence-electron chi connectivity index (χ0n) is 12.7. The molecule has 1 aromatic carbocycles. The van der Waals surface area contributed by atoms with E-state index in [4.69, 9.17) is 4.52 Å². The van der Waals surface area contributed by atoms with Crippen LogP contribution in [0.5, 0.6) is 5.75 Å². The van der Waals surface area contributed by atoms with Crippen molar-refractivity contribution in [3.8, 4) is 5.75 Å². The molecule has 0 amide bonds. The Morgan fingerprint density at radius 3 is 2.11 bits per heavy atom. The summed E-state index contributed by atoms with van der Waals surface area (Å²) in [7, 11) is -2.52. The van der Waals surface area contributed by atoms with Crippen LogP contribution in [0.2, 0.25) is 0 Å². The molecule has 1 aromatic rings. The molecule has 0 aliphatic rings. The van der Waals surface area contributed by atoms with Crippen LogP contribution in [0, 0.1) is 13.8 Å². The van der Waals surface area contributed by atoms with Gasteiger partial charge < -0.3 is 4.52 Å². The Morgan fingerprint density at radius 2 is 1.63 bits per heavy atom. The van der Waals surface area contributed by atoms with E-state index in [2.05, 4.69) is 26.8 Å². The summed E-state index contributed by atoms with van der Waals surface area (Å²) in [6.45, 7) is 8.33. The lowest BCUT2D eigenvalue weighted by Crippen LogP contribution is -2.04. The van der Waals surface area contributed by atoms with Gasteiger partial charge in [0.2, 0.25) is 7.37 Å². The first-order valence-corrected chi connectivity index (χ1v) is 9.35. The molecule has 0 spiro atoms. The lowest BCUT2D eigenvalue weighted by atomic mass is 10.1. The summed E-state index contributed by atoms with van der Waals surface area (Å²) in [6, 6.07) is 6.06. The molecule has 0 fully saturated rings. The maximum atomic E-state index is 12.9. The second-order valence-corrected chi connectivity index (χ2v) is 8.04. The first kappa shape index (κ1) is 16.3. The molecule has 0 aliphatic heterocycles. The van der Waals surface area contributed by atoms with Crippen molar-refractivity contribution in [2.45, 2.75) is 53.4 Å². The van der Waals surface area contributed by atoms with Gasteiger partial charge in [-0.1, -0.05) is 44.4 Å². The van der Waals surface area contributed by atoms with E-state index in [9.17, 15) is 4.57 Å². The third-order valence-corrected chi connectivity index (χ3v) is 5.82. The molecule has 108 valence electrons. The number of unbranched alkanes of at least 4 members (excludes halogenated alkanes) is 2. The van der Waals surface area contributed by atoms with Gasteiger partial charge in [-0.3, -0.25) is 4.57 Å². The Bertz CT molecular complexity index is 428. The number of hydrogen-bond donors (Lipinski definition) is 0. The number of hydrogen-bond acceptors (Lipinski definition) is 2. The van der Waals surface area contributed by atoms with E-state index in [0.717, 1.165) is 37.0 Å². The van der Waals surface area contributed by atoms with Crippen molar-refractivity contribution in [3.63, 3.8) is 0 Å². The highest BCUT2D eigenvalue weighted by molar-refractivity contribution is 7.59. The van der Waals surface area contributed by atoms with Gasteiger partial charge in [-0.2, -0.15) is 0 Å². The van der Waals surface area contributed by atoms with Gasteiger partial charge in [0, 0.05) is 12.3 Å². The van der Waals surface area contributed by atoms with Crippen molar-refractivity contribution < 1.29 is 9.09 Å². The Kier molecular flexibility index (Phi) is 6.65. The summed E-state index contributed by atoms with van der Waals surface area (Å²) >= 11 is 0. The van der Waals surface area contributed by atoms with E-state index in [1.807, 2.05) is 19.1 Å². The smallest absolute Gasteiger partial charge is 0.247 e. The van der Waals surface area contributed by atoms with Crippen LogP contribution in [0.4, 0.5) is 0 Å². The van der Waals surface area contributed by atoms with Crippen LogP contribution in [0.15, 0.2) is 18.2 Å². The van der Waals surface area contributed by atoms with Crippen LogP contribution < -0.4 is 4.52 Å². The number of aryl methyl sites for hydroxylation is 2. The Hall–Kier alpha value is -0.750. The fraction of sp³-hybridized carbons (Fsp3) is 0.625. The van der Waals surface area contributed by atoms with Gasteiger partial charge in [0.1, 0.15) is 5.75 Å². The topological polar surface area (TPSA) is 26.3 Å². The molecule has 3 heteroatoms. The number of rotatable bonds is 8. The third kappa shape index (κ3) is 5.40. The lowest BCUT2D eigenvalue weighted by molar-refractivity contribution is 0.474. The highest BCUT2D eigenvalue weighted by Crippen LogP contribution is 2.49. The van der Waals surface area contributed by atoms with Gasteiger partial charge in [-0.15, -0.1) is 0 Å². The molecule has 0 radical (unpaired) electrons. The highest BCUT2D eigenvalue weighted by Gasteiger charge is 2.23. The van der Waals surface area contributed by atoms with E-state index in [0.29, 0.717) is 12.3 Å². The van der Waals surface area contributed by atoms with Gasteiger partial charge in [0.15, 0.2) is 0 Å². The molecule has 19 heavy (non-hydrogen) atoms. The molecular formula is C16H27O2P. The SMILES string of the molecule is CCCCP(=O)(CCCC)Oc1ccc(C)cc1C. The minimum absolute atomic E-state index is 0.705. The Morgan fingerprint density at radius 1 is 1.05 bits per heavy atom. The van der Waals surface area contributed by atoms with Crippen molar-refractivity contribution in [1.29, 1.82) is 0 Å². The lowest BCUT2D eigenvalue weighted by Gasteiger charge is -2.20. The molecular weight excluding hydrogens is 255 g/mol. The maximum absolute atomic E-state index is 12.9. The van der Waals surface area contributed by atoms with Crippen molar-refractivity contribution in [1.82, 2.24) is 0 Å². The van der Waals surface area contributed by atoms with Gasteiger partial charge in [0.25, 0.3) is 0 Å². The van der Waals surface area contributed by atoms with Crippen LogP contribution in [0.1, 0.15) is 50.7 Å². The molecule has 0 heterocycles. The molecule has 0 aromatic heterocycles. The van der Waals surface area contributed by atoms with Crippen LogP contribution in [-0.4, -0.2) is 12.3 Å². The zero-order chi connectivity index (χ0) is 14.3. The fourth-order valence-electron chi connectivity index (χ4n) is 2.08. The average molecular weight is 282 g/mol. The summed E-state index contributed by atoms with van der Waals surface area (Å²) in [4.78, 5) is 0. The average Bonchev–Trinajstić information content (AvgIpc) is 2.38. The second-order valence-electron chi connectivity index (χ2n) is 5.33. The first-order chi connectivity index (χ1) is 9.00. The van der Waals surface area contributed by atoms with Crippen LogP contribution in [-0.2, 0) is 4.57 Å². The van der Waals surface area contributed by atoms with Crippen molar-refractivity contribution in [2.75, 3.05) is 12.3 Å². The largest absolute Gasteiger partial charge is 0.442 e. The van der Waals surface area contributed by atoms with Crippen molar-refractivity contribution >= 4 is 7.37 Å². The molecule has 0 saturated heterocycles. The molecule has 0 bridgehead atoms. The molecule has 0 saturated carbocycles. The normalized spacial score (nSPS) is 11.6. The molecule has 0 N–H and O–H groups in total. The summed E-state index contributed by atoms with van der Waals surface area (Å²) in [6.07, 6.45) is 5.49. The summed E-state index contributed by atoms with van der Waals surface area (Å²) < 4.78 is 18.9. The van der Waals surface area contributed by atoms with Gasteiger partial charge >= 0.3 is 0 Å². The number of benzene rings is 1. The van der Waals surface area contributed by atoms with Crippen molar-refractivity contribution in [2.24, 2.45) is 0 Å². The summed E-state index contributed by atoms with van der Waals surface area (Å²) in [5.74, 6) is 0.793. The zero-order valence-corrected chi connectivity index (χ0v) is 13.6. The van der Waals surface area contributed by atoms with Crippen LogP contribution in [0.3, 0.4) is 0 Å². The minimum Gasteiger partial charge on any atom is -0.442 e. The van der Waals surface area contributed by atoms with E-state index in [1.165, 1.54) is 5.56 Å². The molecule has 0 atom stereocenters.